The number of nitrogens with zero attached hydrogens (tertiary/aromatic N) is 2. The molecule has 3 rings (SSSR count). The van der Waals surface area contributed by atoms with Gasteiger partial charge >= 0.3 is 0 Å². The van der Waals surface area contributed by atoms with E-state index in [-0.39, 0.29) is 18.6 Å². The zero-order valence-electron chi connectivity index (χ0n) is 15.2. The number of carbonyl (C=O) groups is 1. The van der Waals surface area contributed by atoms with Crippen molar-refractivity contribution < 1.29 is 9.53 Å². The third kappa shape index (κ3) is 5.83. The Morgan fingerprint density at radius 2 is 2.04 bits per heavy atom. The van der Waals surface area contributed by atoms with Crippen LogP contribution in [0.5, 0.6) is 5.75 Å². The van der Waals surface area contributed by atoms with Crippen LogP contribution in [0.1, 0.15) is 11.6 Å². The van der Waals surface area contributed by atoms with E-state index >= 15 is 0 Å². The molecular weight excluding hydrogens is 405 g/mol. The molecule has 1 N–H and O–H groups in total. The third-order valence-corrected chi connectivity index (χ3v) is 5.88. The lowest BCUT2D eigenvalue weighted by Crippen LogP contribution is -2.48. The van der Waals surface area contributed by atoms with Crippen molar-refractivity contribution in [1.29, 1.82) is 0 Å². The topological polar surface area (TPSA) is 44.8 Å². The van der Waals surface area contributed by atoms with Crippen LogP contribution in [0.3, 0.4) is 0 Å². The van der Waals surface area contributed by atoms with E-state index in [1.54, 1.807) is 29.5 Å². The molecule has 5 nitrogen and oxygen atoms in total. The Hall–Kier alpha value is -1.31. The number of hydrogen-bond donors (Lipinski definition) is 1. The molecule has 1 saturated heterocycles. The molecule has 27 heavy (non-hydrogen) atoms. The first kappa shape index (κ1) is 20.4. The Labute approximate surface area is 173 Å². The molecule has 8 heteroatoms. The molecular formula is C19H23Cl2N3O2S. The van der Waals surface area contributed by atoms with Crippen molar-refractivity contribution in [1.82, 2.24) is 15.1 Å². The fraction of sp³-hybridized carbons (Fsp3) is 0.421. The first-order valence-electron chi connectivity index (χ1n) is 8.82. The summed E-state index contributed by atoms with van der Waals surface area (Å²) in [5.74, 6) is 0.278. The van der Waals surface area contributed by atoms with Crippen molar-refractivity contribution in [2.45, 2.75) is 6.04 Å². The summed E-state index contributed by atoms with van der Waals surface area (Å²) < 4.78 is 5.52. The van der Waals surface area contributed by atoms with E-state index < -0.39 is 0 Å². The van der Waals surface area contributed by atoms with Crippen molar-refractivity contribution in [2.24, 2.45) is 0 Å². The van der Waals surface area contributed by atoms with Gasteiger partial charge in [0, 0.05) is 37.7 Å². The molecule has 0 spiro atoms. The van der Waals surface area contributed by atoms with Crippen molar-refractivity contribution in [3.05, 3.63) is 50.6 Å². The minimum Gasteiger partial charge on any atom is -0.482 e. The fourth-order valence-electron chi connectivity index (χ4n) is 3.05. The van der Waals surface area contributed by atoms with Crippen molar-refractivity contribution in [2.75, 3.05) is 46.4 Å². The summed E-state index contributed by atoms with van der Waals surface area (Å²) in [7, 11) is 2.14. The Kier molecular flexibility index (Phi) is 7.38. The van der Waals surface area contributed by atoms with Gasteiger partial charge < -0.3 is 15.0 Å². The second-order valence-corrected chi connectivity index (χ2v) is 8.20. The smallest absolute Gasteiger partial charge is 0.258 e. The van der Waals surface area contributed by atoms with E-state index in [1.807, 2.05) is 0 Å². The van der Waals surface area contributed by atoms with Crippen LogP contribution in [0.15, 0.2) is 35.0 Å². The summed E-state index contributed by atoms with van der Waals surface area (Å²) in [5, 5.41) is 8.15. The number of thiophene rings is 1. The van der Waals surface area contributed by atoms with E-state index in [4.69, 9.17) is 27.9 Å². The molecule has 146 valence electrons. The monoisotopic (exact) mass is 427 g/mol. The molecule has 0 unspecified atom stereocenters. The molecule has 0 radical (unpaired) electrons. The molecule has 2 heterocycles. The SMILES string of the molecule is CN1CCN([C@@H](CNC(=O)COc2ccc(Cl)cc2Cl)c2ccsc2)CC1. The second kappa shape index (κ2) is 9.75. The van der Waals surface area contributed by atoms with Crippen LogP contribution in [0.2, 0.25) is 10.0 Å². The quantitative estimate of drug-likeness (QED) is 0.733. The maximum Gasteiger partial charge on any atom is 0.258 e. The van der Waals surface area contributed by atoms with Gasteiger partial charge in [-0.15, -0.1) is 0 Å². The van der Waals surface area contributed by atoms with E-state index in [0.717, 1.165) is 26.2 Å². The van der Waals surface area contributed by atoms with Crippen LogP contribution in [0.4, 0.5) is 0 Å². The van der Waals surface area contributed by atoms with E-state index in [1.165, 1.54) is 5.56 Å². The van der Waals surface area contributed by atoms with Gasteiger partial charge in [-0.1, -0.05) is 23.2 Å². The van der Waals surface area contributed by atoms with Crippen LogP contribution in [0.25, 0.3) is 0 Å². The van der Waals surface area contributed by atoms with Gasteiger partial charge in [0.05, 0.1) is 11.1 Å². The van der Waals surface area contributed by atoms with Gasteiger partial charge in [-0.25, -0.2) is 0 Å². The van der Waals surface area contributed by atoms with Crippen molar-refractivity contribution >= 4 is 40.4 Å². The number of amides is 1. The normalized spacial score (nSPS) is 16.9. The number of halogens is 2. The molecule has 1 amide bonds. The number of hydrogen-bond acceptors (Lipinski definition) is 5. The highest BCUT2D eigenvalue weighted by Gasteiger charge is 2.24. The second-order valence-electron chi connectivity index (χ2n) is 6.58. The maximum absolute atomic E-state index is 12.3. The summed E-state index contributed by atoms with van der Waals surface area (Å²) >= 11 is 13.6. The minimum atomic E-state index is -0.171. The molecule has 0 saturated carbocycles. The van der Waals surface area contributed by atoms with E-state index in [9.17, 15) is 4.79 Å². The van der Waals surface area contributed by atoms with Gasteiger partial charge in [-0.2, -0.15) is 11.3 Å². The number of ether oxygens (including phenoxy) is 1. The molecule has 2 aromatic rings. The van der Waals surface area contributed by atoms with Crippen molar-refractivity contribution in [3.63, 3.8) is 0 Å². The minimum absolute atomic E-state index is 0.0829. The summed E-state index contributed by atoms with van der Waals surface area (Å²) in [6.45, 7) is 4.52. The summed E-state index contributed by atoms with van der Waals surface area (Å²) in [6, 6.07) is 7.24. The van der Waals surface area contributed by atoms with Gasteiger partial charge in [-0.05, 0) is 47.6 Å². The number of rotatable bonds is 7. The number of likely N-dealkylation sites (N-methyl/N-ethyl adjacent to an activating group) is 1. The molecule has 1 atom stereocenters. The highest BCUT2D eigenvalue weighted by Crippen LogP contribution is 2.27. The molecule has 0 bridgehead atoms. The molecule has 1 aromatic carbocycles. The highest BCUT2D eigenvalue weighted by molar-refractivity contribution is 7.08. The highest BCUT2D eigenvalue weighted by atomic mass is 35.5. The van der Waals surface area contributed by atoms with Crippen LogP contribution < -0.4 is 10.1 Å². The first-order valence-corrected chi connectivity index (χ1v) is 10.5. The third-order valence-electron chi connectivity index (χ3n) is 4.65. The zero-order valence-corrected chi connectivity index (χ0v) is 17.5. The van der Waals surface area contributed by atoms with Gasteiger partial charge in [0.15, 0.2) is 6.61 Å². The zero-order chi connectivity index (χ0) is 19.2. The van der Waals surface area contributed by atoms with Gasteiger partial charge in [0.2, 0.25) is 0 Å². The Morgan fingerprint density at radius 3 is 2.70 bits per heavy atom. The van der Waals surface area contributed by atoms with Crippen LogP contribution in [0, 0.1) is 0 Å². The lowest BCUT2D eigenvalue weighted by atomic mass is 10.1. The Bertz CT molecular complexity index is 749. The number of piperazine rings is 1. The summed E-state index contributed by atoms with van der Waals surface area (Å²) in [5.41, 5.74) is 1.24. The van der Waals surface area contributed by atoms with Crippen molar-refractivity contribution in [3.8, 4) is 5.75 Å². The lowest BCUT2D eigenvalue weighted by molar-refractivity contribution is -0.123. The maximum atomic E-state index is 12.3. The number of carbonyl (C=O) groups excluding carboxylic acids is 1. The predicted octanol–water partition coefficient (Wildman–Crippen LogP) is 3.54. The standard InChI is InChI=1S/C19H23Cl2N3O2S/c1-23-5-7-24(8-6-23)17(14-4-9-27-13-14)11-22-19(25)12-26-18-3-2-15(20)10-16(18)21/h2-4,9-10,13,17H,5-8,11-12H2,1H3,(H,22,25)/t17-/m0/s1. The average Bonchev–Trinajstić information content (AvgIpc) is 3.17. The summed E-state index contributed by atoms with van der Waals surface area (Å²) in [6.07, 6.45) is 0. The molecule has 0 aliphatic carbocycles. The Morgan fingerprint density at radius 1 is 1.26 bits per heavy atom. The largest absolute Gasteiger partial charge is 0.482 e. The molecule has 1 aromatic heterocycles. The van der Waals surface area contributed by atoms with Gasteiger partial charge in [0.25, 0.3) is 5.91 Å². The average molecular weight is 428 g/mol. The first-order chi connectivity index (χ1) is 13.0. The van der Waals surface area contributed by atoms with Crippen LogP contribution in [-0.4, -0.2) is 62.1 Å². The molecule has 1 aliphatic rings. The predicted molar refractivity (Wildman–Crippen MR) is 111 cm³/mol. The number of benzene rings is 1. The number of nitrogens with one attached hydrogen (secondary N) is 1. The lowest BCUT2D eigenvalue weighted by Gasteiger charge is -2.38. The fourth-order valence-corrected chi connectivity index (χ4v) is 4.22. The van der Waals surface area contributed by atoms with Gasteiger partial charge in [0.1, 0.15) is 5.75 Å². The van der Waals surface area contributed by atoms with Crippen LogP contribution >= 0.6 is 34.5 Å². The molecule has 1 aliphatic heterocycles. The van der Waals surface area contributed by atoms with E-state index in [0.29, 0.717) is 22.3 Å². The Balaban J connectivity index is 1.54. The summed E-state index contributed by atoms with van der Waals surface area (Å²) in [4.78, 5) is 17.0. The van der Waals surface area contributed by atoms with E-state index in [2.05, 4.69) is 39.0 Å². The van der Waals surface area contributed by atoms with Gasteiger partial charge in [-0.3, -0.25) is 9.69 Å². The molecule has 1 fully saturated rings. The van der Waals surface area contributed by atoms with Crippen LogP contribution in [-0.2, 0) is 4.79 Å².